The summed E-state index contributed by atoms with van der Waals surface area (Å²) in [4.78, 5) is 30.0. The summed E-state index contributed by atoms with van der Waals surface area (Å²) in [5.74, 6) is -0.308. The van der Waals surface area contributed by atoms with E-state index in [4.69, 9.17) is 16.3 Å². The number of amides is 2. The quantitative estimate of drug-likeness (QED) is 0.210. The van der Waals surface area contributed by atoms with E-state index < -0.39 is 10.0 Å². The molecule has 0 aliphatic carbocycles. The first-order chi connectivity index (χ1) is 20.1. The van der Waals surface area contributed by atoms with Crippen molar-refractivity contribution in [2.75, 3.05) is 44.3 Å². The molecular formula is C30H30ClN5O5S. The van der Waals surface area contributed by atoms with Crippen LogP contribution >= 0.6 is 11.6 Å². The Labute approximate surface area is 249 Å². The molecule has 0 radical (unpaired) electrons. The minimum Gasteiger partial charge on any atom is -0.495 e. The van der Waals surface area contributed by atoms with Crippen molar-refractivity contribution in [3.8, 4) is 16.9 Å². The van der Waals surface area contributed by atoms with Crippen LogP contribution in [-0.4, -0.2) is 64.4 Å². The number of carbonyl (C=O) groups excluding carboxylic acids is 2. The van der Waals surface area contributed by atoms with Crippen LogP contribution in [0.15, 0.2) is 90.1 Å². The molecule has 4 aromatic rings. The predicted octanol–water partition coefficient (Wildman–Crippen LogP) is 4.76. The van der Waals surface area contributed by atoms with E-state index in [1.807, 2.05) is 0 Å². The first-order valence-electron chi connectivity index (χ1n) is 12.8. The van der Waals surface area contributed by atoms with Crippen LogP contribution in [0.1, 0.15) is 20.7 Å². The fourth-order valence-corrected chi connectivity index (χ4v) is 5.55. The van der Waals surface area contributed by atoms with Gasteiger partial charge in [0.15, 0.2) is 0 Å². The molecular weight excluding hydrogens is 578 g/mol. The lowest BCUT2D eigenvalue weighted by molar-refractivity contribution is 0.0827. The zero-order valence-corrected chi connectivity index (χ0v) is 24.8. The maximum atomic E-state index is 13.5. The molecule has 10 nitrogen and oxygen atoms in total. The van der Waals surface area contributed by atoms with Gasteiger partial charge in [-0.05, 0) is 59.7 Å². The molecule has 0 saturated heterocycles. The number of ether oxygens (including phenoxy) is 1. The first kappa shape index (κ1) is 30.4. The highest BCUT2D eigenvalue weighted by Crippen LogP contribution is 2.32. The van der Waals surface area contributed by atoms with Gasteiger partial charge in [0, 0.05) is 50.8 Å². The third-order valence-corrected chi connectivity index (χ3v) is 7.88. The van der Waals surface area contributed by atoms with Crippen LogP contribution in [0.4, 0.5) is 11.4 Å². The number of carbonyl (C=O) groups is 2. The van der Waals surface area contributed by atoms with Crippen molar-refractivity contribution in [3.05, 3.63) is 101 Å². The van der Waals surface area contributed by atoms with Gasteiger partial charge >= 0.3 is 0 Å². The molecule has 3 aromatic carbocycles. The van der Waals surface area contributed by atoms with Gasteiger partial charge in [0.1, 0.15) is 10.6 Å². The number of sulfonamides is 1. The SMILES string of the molecule is COc1ccc(-c2cccc(C(=O)N(C)C)c2)cc1S(=O)(=O)Nc1cccc(NCCNC(=O)c2ccncc2Cl)c1. The molecule has 0 aliphatic heterocycles. The number of pyridine rings is 1. The molecule has 1 aromatic heterocycles. The minimum absolute atomic E-state index is 0.0531. The Kier molecular flexibility index (Phi) is 9.66. The summed E-state index contributed by atoms with van der Waals surface area (Å²) in [6.07, 6.45) is 2.89. The van der Waals surface area contributed by atoms with E-state index in [9.17, 15) is 18.0 Å². The number of methoxy groups -OCH3 is 1. The number of anilines is 2. The van der Waals surface area contributed by atoms with E-state index in [2.05, 4.69) is 20.3 Å². The van der Waals surface area contributed by atoms with Crippen molar-refractivity contribution >= 4 is 44.8 Å². The first-order valence-corrected chi connectivity index (χ1v) is 14.7. The maximum absolute atomic E-state index is 13.5. The van der Waals surface area contributed by atoms with Gasteiger partial charge in [0.25, 0.3) is 21.8 Å². The molecule has 0 atom stereocenters. The van der Waals surface area contributed by atoms with Crippen molar-refractivity contribution in [1.29, 1.82) is 0 Å². The number of aromatic nitrogens is 1. The molecule has 0 fully saturated rings. The van der Waals surface area contributed by atoms with Gasteiger partial charge in [-0.15, -0.1) is 0 Å². The lowest BCUT2D eigenvalue weighted by atomic mass is 10.0. The summed E-state index contributed by atoms with van der Waals surface area (Å²) < 4.78 is 35.0. The summed E-state index contributed by atoms with van der Waals surface area (Å²) in [5.41, 5.74) is 3.09. The summed E-state index contributed by atoms with van der Waals surface area (Å²) in [6, 6.07) is 20.1. The van der Waals surface area contributed by atoms with Gasteiger partial charge < -0.3 is 20.3 Å². The number of halogens is 1. The van der Waals surface area contributed by atoms with Gasteiger partial charge in [-0.2, -0.15) is 0 Å². The van der Waals surface area contributed by atoms with Gasteiger partial charge in [0.2, 0.25) is 0 Å². The number of rotatable bonds is 11. The van der Waals surface area contributed by atoms with Crippen LogP contribution in [0.25, 0.3) is 11.1 Å². The van der Waals surface area contributed by atoms with E-state index in [1.54, 1.807) is 74.8 Å². The van der Waals surface area contributed by atoms with Crippen molar-refractivity contribution in [2.45, 2.75) is 4.90 Å². The van der Waals surface area contributed by atoms with Crippen molar-refractivity contribution < 1.29 is 22.7 Å². The lowest BCUT2D eigenvalue weighted by Gasteiger charge is -2.15. The summed E-state index contributed by atoms with van der Waals surface area (Å²) >= 11 is 6.01. The number of hydrogen-bond donors (Lipinski definition) is 3. The monoisotopic (exact) mass is 607 g/mol. The van der Waals surface area contributed by atoms with Crippen LogP contribution in [0.5, 0.6) is 5.75 Å². The van der Waals surface area contributed by atoms with E-state index in [1.165, 1.54) is 36.5 Å². The summed E-state index contributed by atoms with van der Waals surface area (Å²) in [6.45, 7) is 0.689. The maximum Gasteiger partial charge on any atom is 0.265 e. The van der Waals surface area contributed by atoms with Crippen LogP contribution in [0.2, 0.25) is 5.02 Å². The number of hydrogen-bond acceptors (Lipinski definition) is 7. The van der Waals surface area contributed by atoms with Gasteiger partial charge in [-0.3, -0.25) is 19.3 Å². The molecule has 4 rings (SSSR count). The average molecular weight is 608 g/mol. The molecule has 0 unspecified atom stereocenters. The summed E-state index contributed by atoms with van der Waals surface area (Å²) in [7, 11) is 0.669. The Balaban J connectivity index is 1.47. The largest absolute Gasteiger partial charge is 0.495 e. The van der Waals surface area contributed by atoms with Crippen molar-refractivity contribution in [2.24, 2.45) is 0 Å². The second-order valence-corrected chi connectivity index (χ2v) is 11.4. The standard InChI is InChI=1S/C30H30ClN5O5S/c1-36(2)30(38)22-7-4-6-20(16-22)21-10-11-27(41-3)28(17-21)42(39,40)35-24-9-5-8-23(18-24)33-14-15-34-29(37)25-12-13-32-19-26(25)31/h4-13,16-19,33,35H,14-15H2,1-3H3,(H,34,37). The minimum atomic E-state index is -4.07. The topological polar surface area (TPSA) is 130 Å². The molecule has 218 valence electrons. The number of nitrogens with zero attached hydrogens (tertiary/aromatic N) is 2. The van der Waals surface area contributed by atoms with Crippen LogP contribution < -0.4 is 20.1 Å². The summed E-state index contributed by atoms with van der Waals surface area (Å²) in [5, 5.41) is 6.19. The van der Waals surface area contributed by atoms with Crippen molar-refractivity contribution in [3.63, 3.8) is 0 Å². The van der Waals surface area contributed by atoms with E-state index >= 15 is 0 Å². The fraction of sp³-hybridized carbons (Fsp3) is 0.167. The van der Waals surface area contributed by atoms with E-state index in [0.29, 0.717) is 46.7 Å². The molecule has 2 amide bonds. The van der Waals surface area contributed by atoms with Crippen LogP contribution in [0.3, 0.4) is 0 Å². The molecule has 0 saturated carbocycles. The third-order valence-electron chi connectivity index (χ3n) is 6.17. The van der Waals surface area contributed by atoms with Gasteiger partial charge in [0.05, 0.1) is 23.4 Å². The number of nitrogens with one attached hydrogen (secondary N) is 3. The normalized spacial score (nSPS) is 11.0. The Bertz CT molecular complexity index is 1710. The van der Waals surface area contributed by atoms with E-state index in [0.717, 1.165) is 0 Å². The van der Waals surface area contributed by atoms with Crippen LogP contribution in [-0.2, 0) is 10.0 Å². The molecule has 12 heteroatoms. The zero-order valence-electron chi connectivity index (χ0n) is 23.2. The van der Waals surface area contributed by atoms with Crippen LogP contribution in [0, 0.1) is 0 Å². The fourth-order valence-electron chi connectivity index (χ4n) is 4.10. The lowest BCUT2D eigenvalue weighted by Crippen LogP contribution is -2.29. The molecule has 42 heavy (non-hydrogen) atoms. The highest BCUT2D eigenvalue weighted by Gasteiger charge is 2.21. The molecule has 3 N–H and O–H groups in total. The highest BCUT2D eigenvalue weighted by molar-refractivity contribution is 7.92. The second-order valence-electron chi connectivity index (χ2n) is 9.37. The molecule has 0 aliphatic rings. The zero-order chi connectivity index (χ0) is 30.3. The Morgan fingerprint density at radius 3 is 2.40 bits per heavy atom. The average Bonchev–Trinajstić information content (AvgIpc) is 2.98. The van der Waals surface area contributed by atoms with E-state index in [-0.39, 0.29) is 27.5 Å². The van der Waals surface area contributed by atoms with Gasteiger partial charge in [-0.1, -0.05) is 35.9 Å². The highest BCUT2D eigenvalue weighted by atomic mass is 35.5. The Morgan fingerprint density at radius 2 is 1.67 bits per heavy atom. The Morgan fingerprint density at radius 1 is 0.929 bits per heavy atom. The Hall–Kier alpha value is -4.61. The molecule has 1 heterocycles. The molecule has 0 spiro atoms. The van der Waals surface area contributed by atoms with Gasteiger partial charge in [-0.25, -0.2) is 8.42 Å². The smallest absolute Gasteiger partial charge is 0.265 e. The third kappa shape index (κ3) is 7.36. The predicted molar refractivity (Wildman–Crippen MR) is 164 cm³/mol. The van der Waals surface area contributed by atoms with Crippen molar-refractivity contribution in [1.82, 2.24) is 15.2 Å². The second kappa shape index (κ2) is 13.4. The molecule has 0 bridgehead atoms. The number of benzene rings is 3.